The first-order valence-corrected chi connectivity index (χ1v) is 3.74. The molecule has 3 nitrogen and oxygen atoms in total. The molecule has 0 radical (unpaired) electrons. The lowest BCUT2D eigenvalue weighted by Gasteiger charge is -2.04. The SMILES string of the molecule is CNCCNC(C)=CC(C)=O. The molecule has 0 heterocycles. The second-order valence-electron chi connectivity index (χ2n) is 2.47. The predicted molar refractivity (Wildman–Crippen MR) is 46.4 cm³/mol. The zero-order chi connectivity index (χ0) is 8.69. The average molecular weight is 156 g/mol. The maximum atomic E-state index is 10.6. The molecule has 3 heteroatoms. The summed E-state index contributed by atoms with van der Waals surface area (Å²) < 4.78 is 0. The van der Waals surface area contributed by atoms with Crippen LogP contribution in [0.4, 0.5) is 0 Å². The van der Waals surface area contributed by atoms with Gasteiger partial charge in [-0.2, -0.15) is 0 Å². The van der Waals surface area contributed by atoms with E-state index in [0.29, 0.717) is 0 Å². The molecule has 0 aromatic heterocycles. The first-order chi connectivity index (χ1) is 5.16. The monoisotopic (exact) mass is 156 g/mol. The van der Waals surface area contributed by atoms with Crippen molar-refractivity contribution in [2.45, 2.75) is 13.8 Å². The van der Waals surface area contributed by atoms with Crippen LogP contribution in [-0.4, -0.2) is 25.9 Å². The molecular formula is C8H16N2O. The predicted octanol–water partition coefficient (Wildman–Crippen LogP) is 0.288. The summed E-state index contributed by atoms with van der Waals surface area (Å²) in [4.78, 5) is 10.6. The van der Waals surface area contributed by atoms with Gasteiger partial charge in [-0.05, 0) is 27.0 Å². The Balaban J connectivity index is 3.51. The summed E-state index contributed by atoms with van der Waals surface area (Å²) >= 11 is 0. The van der Waals surface area contributed by atoms with Crippen LogP contribution in [0.1, 0.15) is 13.8 Å². The Kier molecular flexibility index (Phi) is 5.47. The third-order valence-electron chi connectivity index (χ3n) is 1.20. The largest absolute Gasteiger partial charge is 0.387 e. The van der Waals surface area contributed by atoms with Crippen molar-refractivity contribution >= 4 is 5.78 Å². The van der Waals surface area contributed by atoms with Gasteiger partial charge in [0.2, 0.25) is 0 Å². The van der Waals surface area contributed by atoms with Gasteiger partial charge >= 0.3 is 0 Å². The number of likely N-dealkylation sites (N-methyl/N-ethyl adjacent to an activating group) is 1. The maximum absolute atomic E-state index is 10.6. The highest BCUT2D eigenvalue weighted by atomic mass is 16.1. The van der Waals surface area contributed by atoms with Crippen molar-refractivity contribution in [1.29, 1.82) is 0 Å². The molecule has 2 N–H and O–H groups in total. The number of hydrogen-bond donors (Lipinski definition) is 2. The molecule has 0 fully saturated rings. The molecule has 11 heavy (non-hydrogen) atoms. The summed E-state index contributed by atoms with van der Waals surface area (Å²) in [5.74, 6) is 0.0828. The third kappa shape index (κ3) is 7.06. The average Bonchev–Trinajstić information content (AvgIpc) is 1.86. The van der Waals surface area contributed by atoms with Crippen LogP contribution in [0.5, 0.6) is 0 Å². The Labute approximate surface area is 67.9 Å². The zero-order valence-corrected chi connectivity index (χ0v) is 7.40. The molecule has 0 aromatic carbocycles. The topological polar surface area (TPSA) is 41.1 Å². The van der Waals surface area contributed by atoms with E-state index in [9.17, 15) is 4.79 Å². The summed E-state index contributed by atoms with van der Waals surface area (Å²) in [5.41, 5.74) is 0.924. The number of allylic oxidation sites excluding steroid dienone is 2. The second kappa shape index (κ2) is 5.92. The van der Waals surface area contributed by atoms with Crippen molar-refractivity contribution in [2.75, 3.05) is 20.1 Å². The molecule has 0 atom stereocenters. The third-order valence-corrected chi connectivity index (χ3v) is 1.20. The minimum absolute atomic E-state index is 0.0828. The van der Waals surface area contributed by atoms with Gasteiger partial charge in [0.25, 0.3) is 0 Å². The minimum Gasteiger partial charge on any atom is -0.387 e. The van der Waals surface area contributed by atoms with Crippen molar-refractivity contribution in [2.24, 2.45) is 0 Å². The Hall–Kier alpha value is -0.830. The van der Waals surface area contributed by atoms with Gasteiger partial charge in [-0.3, -0.25) is 4.79 Å². The lowest BCUT2D eigenvalue weighted by Crippen LogP contribution is -2.23. The summed E-state index contributed by atoms with van der Waals surface area (Å²) in [6.45, 7) is 5.19. The highest BCUT2D eigenvalue weighted by molar-refractivity contribution is 5.87. The molecule has 0 unspecified atom stereocenters. The lowest BCUT2D eigenvalue weighted by molar-refractivity contribution is -0.112. The van der Waals surface area contributed by atoms with E-state index in [1.807, 2.05) is 14.0 Å². The first kappa shape index (κ1) is 10.2. The van der Waals surface area contributed by atoms with Gasteiger partial charge in [0.1, 0.15) is 0 Å². The van der Waals surface area contributed by atoms with Gasteiger partial charge in [0.15, 0.2) is 5.78 Å². The molecule has 0 aliphatic carbocycles. The van der Waals surface area contributed by atoms with Crippen molar-refractivity contribution in [3.05, 3.63) is 11.8 Å². The summed E-state index contributed by atoms with van der Waals surface area (Å²) in [6.07, 6.45) is 1.59. The van der Waals surface area contributed by atoms with Gasteiger partial charge in [0, 0.05) is 18.8 Å². The van der Waals surface area contributed by atoms with E-state index in [0.717, 1.165) is 18.8 Å². The van der Waals surface area contributed by atoms with Crippen LogP contribution in [0.2, 0.25) is 0 Å². The molecule has 0 amide bonds. The summed E-state index contributed by atoms with van der Waals surface area (Å²) in [5, 5.41) is 6.09. The molecule has 0 rings (SSSR count). The fraction of sp³-hybridized carbons (Fsp3) is 0.625. The summed E-state index contributed by atoms with van der Waals surface area (Å²) in [6, 6.07) is 0. The Morgan fingerprint density at radius 1 is 1.36 bits per heavy atom. The Morgan fingerprint density at radius 3 is 2.45 bits per heavy atom. The van der Waals surface area contributed by atoms with Gasteiger partial charge in [-0.1, -0.05) is 0 Å². The summed E-state index contributed by atoms with van der Waals surface area (Å²) in [7, 11) is 1.89. The normalized spacial score (nSPS) is 11.4. The van der Waals surface area contributed by atoms with Gasteiger partial charge < -0.3 is 10.6 Å². The van der Waals surface area contributed by atoms with E-state index >= 15 is 0 Å². The van der Waals surface area contributed by atoms with Crippen molar-refractivity contribution < 1.29 is 4.79 Å². The van der Waals surface area contributed by atoms with Gasteiger partial charge in [0.05, 0.1) is 0 Å². The van der Waals surface area contributed by atoms with E-state index in [4.69, 9.17) is 0 Å². The van der Waals surface area contributed by atoms with Crippen LogP contribution < -0.4 is 10.6 Å². The molecule has 0 aliphatic rings. The number of hydrogen-bond acceptors (Lipinski definition) is 3. The van der Waals surface area contributed by atoms with Crippen LogP contribution in [0.3, 0.4) is 0 Å². The van der Waals surface area contributed by atoms with E-state index in [-0.39, 0.29) is 5.78 Å². The number of carbonyl (C=O) groups is 1. The first-order valence-electron chi connectivity index (χ1n) is 3.74. The minimum atomic E-state index is 0.0828. The van der Waals surface area contributed by atoms with Crippen LogP contribution in [-0.2, 0) is 4.79 Å². The van der Waals surface area contributed by atoms with Crippen molar-refractivity contribution in [1.82, 2.24) is 10.6 Å². The van der Waals surface area contributed by atoms with E-state index < -0.39 is 0 Å². The van der Waals surface area contributed by atoms with E-state index in [1.54, 1.807) is 13.0 Å². The van der Waals surface area contributed by atoms with Crippen molar-refractivity contribution in [3.63, 3.8) is 0 Å². The molecule has 0 spiro atoms. The Morgan fingerprint density at radius 2 is 2.00 bits per heavy atom. The molecule has 0 saturated carbocycles. The quantitative estimate of drug-likeness (QED) is 0.444. The van der Waals surface area contributed by atoms with Crippen LogP contribution >= 0.6 is 0 Å². The molecule has 0 aromatic rings. The van der Waals surface area contributed by atoms with E-state index in [2.05, 4.69) is 10.6 Å². The number of rotatable bonds is 5. The van der Waals surface area contributed by atoms with Gasteiger partial charge in [-0.25, -0.2) is 0 Å². The standard InChI is InChI=1S/C8H16N2O/c1-7(6-8(2)11)10-5-4-9-3/h6,9-10H,4-5H2,1-3H3. The second-order valence-corrected chi connectivity index (χ2v) is 2.47. The van der Waals surface area contributed by atoms with Gasteiger partial charge in [-0.15, -0.1) is 0 Å². The fourth-order valence-corrected chi connectivity index (χ4v) is 0.741. The molecule has 0 aliphatic heterocycles. The molecule has 64 valence electrons. The number of nitrogens with one attached hydrogen (secondary N) is 2. The zero-order valence-electron chi connectivity index (χ0n) is 7.40. The number of ketones is 1. The number of carbonyl (C=O) groups excluding carboxylic acids is 1. The molecule has 0 bridgehead atoms. The molecule has 0 saturated heterocycles. The molecular weight excluding hydrogens is 140 g/mol. The highest BCUT2D eigenvalue weighted by Gasteiger charge is 1.89. The highest BCUT2D eigenvalue weighted by Crippen LogP contribution is 1.85. The maximum Gasteiger partial charge on any atom is 0.154 e. The lowest BCUT2D eigenvalue weighted by atomic mass is 10.3. The fourth-order valence-electron chi connectivity index (χ4n) is 0.741. The van der Waals surface area contributed by atoms with E-state index in [1.165, 1.54) is 0 Å². The van der Waals surface area contributed by atoms with Crippen LogP contribution in [0, 0.1) is 0 Å². The van der Waals surface area contributed by atoms with Crippen LogP contribution in [0.25, 0.3) is 0 Å². The van der Waals surface area contributed by atoms with Crippen molar-refractivity contribution in [3.8, 4) is 0 Å². The smallest absolute Gasteiger partial charge is 0.154 e. The van der Waals surface area contributed by atoms with Crippen LogP contribution in [0.15, 0.2) is 11.8 Å². The Bertz CT molecular complexity index is 152.